The van der Waals surface area contributed by atoms with Crippen LogP contribution in [0.1, 0.15) is 93.2 Å². The van der Waals surface area contributed by atoms with Gasteiger partial charge in [0, 0.05) is 89.7 Å². The van der Waals surface area contributed by atoms with Gasteiger partial charge in [0.25, 0.3) is 11.8 Å². The number of nitrogen functional groups attached to an aromatic ring is 2. The number of amides is 5. The summed E-state index contributed by atoms with van der Waals surface area (Å²) in [5, 5.41) is 8.05. The van der Waals surface area contributed by atoms with Crippen molar-refractivity contribution in [2.24, 2.45) is 4.99 Å². The Hall–Kier alpha value is -7.85. The molecule has 2 aromatic carbocycles. The average Bonchev–Trinajstić information content (AvgIpc) is 3.57. The third kappa shape index (κ3) is 29.4. The van der Waals surface area contributed by atoms with E-state index < -0.39 is 23.8 Å². The number of benzene rings is 2. The molecule has 0 radical (unpaired) electrons. The number of hydrogen-bond donors (Lipinski definition) is 5. The number of nitrogens with one attached hydrogen (secondary N) is 3. The number of nitrogens with two attached hydrogens (primary N) is 2. The number of anilines is 2. The second-order valence-corrected chi connectivity index (χ2v) is 19.6. The van der Waals surface area contributed by atoms with E-state index >= 15 is 0 Å². The summed E-state index contributed by atoms with van der Waals surface area (Å²) in [6.07, 6.45) is 10.0. The standard InChI is InChI=1S/C43H63N7O12.C18H22N4O3/c1-2-57-25-26-59-23-19-45-39(53)31-36(48-38(52)8-4-3-5-21-50-40(54)15-16-41(50)55)42(56)46-20-24-60-28-30-61-29-27-58-22-6-7-35(51)14-13-33-9-11-34(12-10-33)32-62-43-47-18-17-37(44)49-43;1-2-23-9-10-24-11-13-3-5-14(6-4-13)12-25-17-16-15(7-8-20-16)21-18(19)22-17/h9-12,15-18,36H,2-8,13-14,19-32H2,1H3,(H,45,53)(H,46,56)(H,48,52)(H2,44,47,49);3-6,8H,2,7,9-12H2,1H3,(H2,19,21,22). The first-order valence-corrected chi connectivity index (χ1v) is 29.5. The van der Waals surface area contributed by atoms with Gasteiger partial charge in [0.15, 0.2) is 0 Å². The lowest BCUT2D eigenvalue weighted by atomic mass is 10.0. The van der Waals surface area contributed by atoms with E-state index in [4.69, 9.17) is 54.1 Å². The number of aliphatic imine (C=N–C) groups is 1. The molecule has 5 amide bonds. The fourth-order valence-corrected chi connectivity index (χ4v) is 8.24. The zero-order chi connectivity index (χ0) is 62.1. The van der Waals surface area contributed by atoms with Gasteiger partial charge in [0.05, 0.1) is 84.8 Å². The van der Waals surface area contributed by atoms with Crippen molar-refractivity contribution < 1.29 is 71.4 Å². The summed E-state index contributed by atoms with van der Waals surface area (Å²) in [5.41, 5.74) is 17.0. The van der Waals surface area contributed by atoms with E-state index in [1.54, 1.807) is 12.3 Å². The van der Waals surface area contributed by atoms with Gasteiger partial charge in [0.1, 0.15) is 36.5 Å². The van der Waals surface area contributed by atoms with Crippen molar-refractivity contribution in [2.45, 2.75) is 104 Å². The highest BCUT2D eigenvalue weighted by Gasteiger charge is 2.25. The fraction of sp³-hybridized carbons (Fsp3) is 0.525. The third-order valence-electron chi connectivity index (χ3n) is 12.8. The number of nitrogens with zero attached hydrogens (tertiary/aromatic N) is 6. The maximum atomic E-state index is 13.0. The van der Waals surface area contributed by atoms with Gasteiger partial charge in [0.2, 0.25) is 29.5 Å². The van der Waals surface area contributed by atoms with Crippen molar-refractivity contribution in [1.82, 2.24) is 40.8 Å². The molecule has 474 valence electrons. The average molecular weight is 1210 g/mol. The molecule has 0 spiro atoms. The summed E-state index contributed by atoms with van der Waals surface area (Å²) in [6, 6.07) is 16.6. The molecule has 26 heteroatoms. The van der Waals surface area contributed by atoms with Crippen LogP contribution in [-0.2, 0) is 94.6 Å². The quantitative estimate of drug-likeness (QED) is 0.0308. The first-order chi connectivity index (χ1) is 42.4. The molecule has 2 aliphatic rings. The molecule has 0 fully saturated rings. The number of ketones is 1. The maximum Gasteiger partial charge on any atom is 0.318 e. The van der Waals surface area contributed by atoms with Crippen LogP contribution in [-0.4, -0.2) is 178 Å². The highest BCUT2D eigenvalue weighted by Crippen LogP contribution is 2.33. The highest BCUT2D eigenvalue weighted by molar-refractivity contribution is 6.12. The van der Waals surface area contributed by atoms with E-state index in [9.17, 15) is 28.8 Å². The number of aromatic nitrogens is 4. The van der Waals surface area contributed by atoms with Crippen LogP contribution in [0.15, 0.2) is 77.9 Å². The first kappa shape index (κ1) is 69.9. The lowest BCUT2D eigenvalue weighted by Gasteiger charge is -2.19. The molecule has 0 saturated heterocycles. The summed E-state index contributed by atoms with van der Waals surface area (Å²) in [7, 11) is 0. The van der Waals surface area contributed by atoms with Crippen LogP contribution in [0.25, 0.3) is 0 Å². The van der Waals surface area contributed by atoms with Gasteiger partial charge >= 0.3 is 6.01 Å². The minimum atomic E-state index is -1.11. The van der Waals surface area contributed by atoms with Gasteiger partial charge in [-0.1, -0.05) is 55.0 Å². The van der Waals surface area contributed by atoms with Gasteiger partial charge in [-0.25, -0.2) is 9.97 Å². The molecule has 2 aliphatic heterocycles. The number of ether oxygens (including phenoxy) is 9. The van der Waals surface area contributed by atoms with Gasteiger partial charge < -0.3 is 70.0 Å². The smallest absolute Gasteiger partial charge is 0.318 e. The summed E-state index contributed by atoms with van der Waals surface area (Å²) < 4.78 is 49.4. The second-order valence-electron chi connectivity index (χ2n) is 19.6. The number of Topliss-reactive ketones (excluding diaryl/α,β-unsaturated/α-hetero) is 1. The summed E-state index contributed by atoms with van der Waals surface area (Å²) in [5.74, 6) is -0.898. The lowest BCUT2D eigenvalue weighted by molar-refractivity contribution is -0.137. The Kier molecular flexibility index (Phi) is 33.8. The molecular formula is C61H85N11O15. The molecule has 87 heavy (non-hydrogen) atoms. The van der Waals surface area contributed by atoms with Crippen molar-refractivity contribution >= 4 is 59.0 Å². The molecule has 0 bridgehead atoms. The molecule has 2 aromatic heterocycles. The van der Waals surface area contributed by atoms with Crippen LogP contribution >= 0.6 is 0 Å². The summed E-state index contributed by atoms with van der Waals surface area (Å²) in [4.78, 5) is 95.9. The normalized spacial score (nSPS) is 12.6. The van der Waals surface area contributed by atoms with Crippen molar-refractivity contribution in [3.05, 3.63) is 101 Å². The van der Waals surface area contributed by atoms with Crippen molar-refractivity contribution in [2.75, 3.05) is 117 Å². The second kappa shape index (κ2) is 42.1. The predicted octanol–water partition coefficient (Wildman–Crippen LogP) is 4.06. The van der Waals surface area contributed by atoms with Gasteiger partial charge in [-0.2, -0.15) is 9.97 Å². The van der Waals surface area contributed by atoms with Crippen LogP contribution in [0.3, 0.4) is 0 Å². The van der Waals surface area contributed by atoms with Crippen LogP contribution in [0.5, 0.6) is 11.9 Å². The molecule has 0 aliphatic carbocycles. The Morgan fingerprint density at radius 2 is 1.17 bits per heavy atom. The number of fused-ring (bicyclic) bond motifs is 1. The van der Waals surface area contributed by atoms with E-state index in [1.807, 2.05) is 62.4 Å². The minimum Gasteiger partial charge on any atom is -0.471 e. The Labute approximate surface area is 508 Å². The molecule has 1 unspecified atom stereocenters. The minimum absolute atomic E-state index is 0.103. The predicted molar refractivity (Wildman–Crippen MR) is 322 cm³/mol. The lowest BCUT2D eigenvalue weighted by Crippen LogP contribution is -2.49. The van der Waals surface area contributed by atoms with Crippen LogP contribution in [0.4, 0.5) is 17.5 Å². The number of imide groups is 1. The molecule has 4 heterocycles. The van der Waals surface area contributed by atoms with Crippen LogP contribution in [0.2, 0.25) is 0 Å². The number of rotatable bonds is 45. The number of aryl methyl sites for hydroxylation is 1. The third-order valence-corrected chi connectivity index (χ3v) is 12.8. The Balaban J connectivity index is 0.000000454. The van der Waals surface area contributed by atoms with E-state index in [-0.39, 0.29) is 81.9 Å². The Morgan fingerprint density at radius 3 is 1.83 bits per heavy atom. The van der Waals surface area contributed by atoms with Gasteiger partial charge in [-0.15, -0.1) is 0 Å². The largest absolute Gasteiger partial charge is 0.471 e. The molecule has 4 aromatic rings. The highest BCUT2D eigenvalue weighted by atomic mass is 16.5. The summed E-state index contributed by atoms with van der Waals surface area (Å²) >= 11 is 0. The van der Waals surface area contributed by atoms with E-state index in [2.05, 4.69) is 40.9 Å². The number of carbonyl (C=O) groups excluding carboxylic acids is 6. The van der Waals surface area contributed by atoms with Crippen LogP contribution in [0, 0.1) is 0 Å². The van der Waals surface area contributed by atoms with Crippen molar-refractivity contribution in [3.63, 3.8) is 0 Å². The molecule has 7 N–H and O–H groups in total. The molecular weight excluding hydrogens is 1130 g/mol. The molecule has 1 atom stereocenters. The maximum absolute atomic E-state index is 13.0. The number of hydrogen-bond acceptors (Lipinski definition) is 22. The van der Waals surface area contributed by atoms with Crippen LogP contribution < -0.4 is 36.9 Å². The Bertz CT molecular complexity index is 2750. The zero-order valence-electron chi connectivity index (χ0n) is 50.1. The van der Waals surface area contributed by atoms with E-state index in [0.29, 0.717) is 155 Å². The zero-order valence-corrected chi connectivity index (χ0v) is 50.1. The van der Waals surface area contributed by atoms with Crippen molar-refractivity contribution in [3.8, 4) is 11.9 Å². The SMILES string of the molecule is CCOCCOCCNC(=O)CC(NC(=O)CCCCCN1C(=O)C=CC1=O)C(=O)NCCOCCOCCOCCCC(=O)CCc1ccc(COc2nccc(N)n2)cc1.CCOCCOCc1ccc(COc2nc(N)nc3c2N=CC3)cc1. The van der Waals surface area contributed by atoms with E-state index in [1.165, 1.54) is 18.3 Å². The first-order valence-electron chi connectivity index (χ1n) is 29.5. The number of carbonyl (C=O) groups is 6. The molecule has 26 nitrogen and oxygen atoms in total. The topological polar surface area (TPSA) is 341 Å². The fourth-order valence-electron chi connectivity index (χ4n) is 8.24. The summed E-state index contributed by atoms with van der Waals surface area (Å²) in [6.45, 7) is 11.4. The van der Waals surface area contributed by atoms with Crippen molar-refractivity contribution in [1.29, 1.82) is 0 Å². The van der Waals surface area contributed by atoms with Gasteiger partial charge in [-0.3, -0.25) is 38.7 Å². The monoisotopic (exact) mass is 1210 g/mol. The van der Waals surface area contributed by atoms with Gasteiger partial charge in [-0.05, 0) is 67.9 Å². The molecule has 6 rings (SSSR count). The van der Waals surface area contributed by atoms with E-state index in [0.717, 1.165) is 32.8 Å². The molecule has 0 saturated carbocycles. The number of unbranched alkanes of at least 4 members (excludes halogenated alkanes) is 2. The Morgan fingerprint density at radius 1 is 0.586 bits per heavy atom.